The Kier molecular flexibility index (Phi) is 9.59. The molecule has 0 heterocycles. The molecule has 0 aliphatic carbocycles. The third kappa shape index (κ3) is 7.10. The number of hydrogen-bond acceptors (Lipinski definition) is 5. The fourth-order valence-corrected chi connectivity index (χ4v) is 3.97. The number of thiol groups is 1. The van der Waals surface area contributed by atoms with E-state index in [9.17, 15) is 14.7 Å². The number of carbonyl (C=O) groups is 2. The molecule has 128 valence electrons. The van der Waals surface area contributed by atoms with Crippen molar-refractivity contribution in [3.8, 4) is 0 Å². The number of thioether (sulfide) groups is 2. The van der Waals surface area contributed by atoms with E-state index in [1.54, 1.807) is 23.5 Å². The van der Waals surface area contributed by atoms with Crippen LogP contribution in [0.1, 0.15) is 12.0 Å². The van der Waals surface area contributed by atoms with Crippen LogP contribution in [0, 0.1) is 5.92 Å². The van der Waals surface area contributed by atoms with Crippen LogP contribution in [0.25, 0.3) is 0 Å². The van der Waals surface area contributed by atoms with Gasteiger partial charge in [0, 0.05) is 5.75 Å². The largest absolute Gasteiger partial charge is 0.480 e. The minimum Gasteiger partial charge on any atom is -0.480 e. The lowest BCUT2D eigenvalue weighted by molar-refractivity contribution is -0.142. The molecule has 4 nitrogen and oxygen atoms in total. The van der Waals surface area contributed by atoms with Crippen LogP contribution in [0.5, 0.6) is 0 Å². The van der Waals surface area contributed by atoms with E-state index in [2.05, 4.69) is 17.9 Å². The lowest BCUT2D eigenvalue weighted by Gasteiger charge is -2.22. The molecule has 7 heteroatoms. The van der Waals surface area contributed by atoms with E-state index in [4.69, 9.17) is 0 Å². The normalized spacial score (nSPS) is 13.6. The average molecular weight is 374 g/mol. The fraction of sp³-hybridized carbons (Fsp3) is 0.500. The van der Waals surface area contributed by atoms with Gasteiger partial charge >= 0.3 is 5.97 Å². The summed E-state index contributed by atoms with van der Waals surface area (Å²) >= 11 is 7.44. The van der Waals surface area contributed by atoms with Gasteiger partial charge in [0.2, 0.25) is 5.91 Å². The predicted octanol–water partition coefficient (Wildman–Crippen LogP) is 2.79. The molecule has 1 amide bonds. The van der Waals surface area contributed by atoms with Crippen molar-refractivity contribution in [3.63, 3.8) is 0 Å². The maximum Gasteiger partial charge on any atom is 0.326 e. The highest BCUT2D eigenvalue weighted by molar-refractivity contribution is 8.16. The fourth-order valence-electron chi connectivity index (χ4n) is 2.13. The zero-order valence-electron chi connectivity index (χ0n) is 13.3. The molecule has 0 aliphatic heterocycles. The number of nitrogens with one attached hydrogen (secondary N) is 1. The van der Waals surface area contributed by atoms with E-state index in [0.29, 0.717) is 18.6 Å². The Hall–Kier alpha value is -0.790. The maximum atomic E-state index is 12.4. The molecule has 0 saturated carbocycles. The highest BCUT2D eigenvalue weighted by Gasteiger charge is 2.27. The molecular formula is C16H23NO3S3. The van der Waals surface area contributed by atoms with Crippen LogP contribution in [0.15, 0.2) is 30.3 Å². The molecule has 0 aromatic heterocycles. The second kappa shape index (κ2) is 10.9. The van der Waals surface area contributed by atoms with Gasteiger partial charge in [-0.25, -0.2) is 4.79 Å². The quantitative estimate of drug-likeness (QED) is 0.435. The van der Waals surface area contributed by atoms with Crippen LogP contribution >= 0.6 is 36.2 Å². The highest BCUT2D eigenvalue weighted by atomic mass is 32.2. The number of carboxylic acid groups (broad SMARTS) is 1. The van der Waals surface area contributed by atoms with Crippen molar-refractivity contribution < 1.29 is 14.7 Å². The van der Waals surface area contributed by atoms with Gasteiger partial charge in [-0.3, -0.25) is 4.79 Å². The first-order valence-corrected chi connectivity index (χ1v) is 10.5. The Labute approximate surface area is 151 Å². The van der Waals surface area contributed by atoms with Gasteiger partial charge in [-0.15, -0.1) is 0 Å². The number of benzene rings is 1. The number of aliphatic carboxylic acids is 1. The summed E-state index contributed by atoms with van der Waals surface area (Å²) < 4.78 is 0.139. The van der Waals surface area contributed by atoms with Gasteiger partial charge in [-0.1, -0.05) is 30.3 Å². The first-order chi connectivity index (χ1) is 11.0. The SMILES string of the molecule is CSC(C[C@H](NC(=O)[C@@H](CS)Cc1ccccc1)C(=O)O)SC. The van der Waals surface area contributed by atoms with E-state index in [0.717, 1.165) is 5.56 Å². The molecule has 0 saturated heterocycles. The maximum absolute atomic E-state index is 12.4. The molecule has 0 unspecified atom stereocenters. The Bertz CT molecular complexity index is 495. The zero-order valence-corrected chi connectivity index (χ0v) is 15.8. The number of amides is 1. The van der Waals surface area contributed by atoms with E-state index in [1.165, 1.54) is 0 Å². The van der Waals surface area contributed by atoms with Crippen LogP contribution in [0.4, 0.5) is 0 Å². The van der Waals surface area contributed by atoms with Crippen LogP contribution in [-0.2, 0) is 16.0 Å². The smallest absolute Gasteiger partial charge is 0.326 e. The molecule has 0 spiro atoms. The third-order valence-corrected chi connectivity index (χ3v) is 6.52. The van der Waals surface area contributed by atoms with Crippen molar-refractivity contribution in [2.75, 3.05) is 18.3 Å². The molecule has 2 atom stereocenters. The van der Waals surface area contributed by atoms with Crippen molar-refractivity contribution in [3.05, 3.63) is 35.9 Å². The van der Waals surface area contributed by atoms with Gasteiger partial charge in [-0.05, 0) is 30.9 Å². The van der Waals surface area contributed by atoms with E-state index in [-0.39, 0.29) is 16.4 Å². The summed E-state index contributed by atoms with van der Waals surface area (Å²) in [4.78, 5) is 23.8. The Morgan fingerprint density at radius 3 is 2.30 bits per heavy atom. The number of carboxylic acids is 1. The topological polar surface area (TPSA) is 66.4 Å². The average Bonchev–Trinajstić information content (AvgIpc) is 2.56. The second-order valence-corrected chi connectivity index (χ2v) is 7.85. The first kappa shape index (κ1) is 20.3. The molecule has 1 aromatic carbocycles. The van der Waals surface area contributed by atoms with Crippen LogP contribution in [0.3, 0.4) is 0 Å². The summed E-state index contributed by atoms with van der Waals surface area (Å²) in [5, 5.41) is 12.0. The summed E-state index contributed by atoms with van der Waals surface area (Å²) in [6, 6.07) is 8.80. The van der Waals surface area contributed by atoms with Gasteiger partial charge in [0.15, 0.2) is 0 Å². The molecule has 0 aliphatic rings. The van der Waals surface area contributed by atoms with Crippen molar-refractivity contribution in [1.29, 1.82) is 0 Å². The van der Waals surface area contributed by atoms with Crippen molar-refractivity contribution >= 4 is 48.0 Å². The van der Waals surface area contributed by atoms with Crippen molar-refractivity contribution in [2.24, 2.45) is 5.92 Å². The van der Waals surface area contributed by atoms with E-state index in [1.807, 2.05) is 42.8 Å². The number of carbonyl (C=O) groups excluding carboxylic acids is 1. The minimum atomic E-state index is -0.996. The summed E-state index contributed by atoms with van der Waals surface area (Å²) in [6.45, 7) is 0. The molecule has 0 bridgehead atoms. The van der Waals surface area contributed by atoms with Gasteiger partial charge in [0.25, 0.3) is 0 Å². The van der Waals surface area contributed by atoms with Gasteiger partial charge in [0.1, 0.15) is 6.04 Å². The summed E-state index contributed by atoms with van der Waals surface area (Å²) in [7, 11) is 0. The lowest BCUT2D eigenvalue weighted by Crippen LogP contribution is -2.45. The molecule has 1 aromatic rings. The highest BCUT2D eigenvalue weighted by Crippen LogP contribution is 2.24. The van der Waals surface area contributed by atoms with Gasteiger partial charge in [-0.2, -0.15) is 36.2 Å². The number of rotatable bonds is 10. The second-order valence-electron chi connectivity index (χ2n) is 5.11. The van der Waals surface area contributed by atoms with Crippen LogP contribution < -0.4 is 5.32 Å². The molecule has 0 radical (unpaired) electrons. The van der Waals surface area contributed by atoms with Crippen molar-refractivity contribution in [2.45, 2.75) is 23.5 Å². The van der Waals surface area contributed by atoms with Crippen LogP contribution in [0.2, 0.25) is 0 Å². The Morgan fingerprint density at radius 2 is 1.83 bits per heavy atom. The van der Waals surface area contributed by atoms with Gasteiger partial charge < -0.3 is 10.4 Å². The molecule has 23 heavy (non-hydrogen) atoms. The summed E-state index contributed by atoms with van der Waals surface area (Å²) in [5.74, 6) is -1.22. The summed E-state index contributed by atoms with van der Waals surface area (Å²) in [5.41, 5.74) is 1.04. The predicted molar refractivity (Wildman–Crippen MR) is 102 cm³/mol. The summed E-state index contributed by atoms with van der Waals surface area (Å²) in [6.07, 6.45) is 4.83. The molecule has 0 fully saturated rings. The third-order valence-electron chi connectivity index (χ3n) is 3.48. The Morgan fingerprint density at radius 1 is 1.22 bits per heavy atom. The molecular weight excluding hydrogens is 350 g/mol. The number of hydrogen-bond donors (Lipinski definition) is 3. The first-order valence-electron chi connectivity index (χ1n) is 7.25. The molecule has 1 rings (SSSR count). The standard InChI is InChI=1S/C16H23NO3S3/c1-22-14(23-2)9-13(16(19)20)17-15(18)12(10-21)8-11-6-4-3-5-7-11/h3-7,12-14,21H,8-10H2,1-2H3,(H,17,18)(H,19,20)/t12-,13+/m1/s1. The molecule has 2 N–H and O–H groups in total. The Balaban J connectivity index is 2.69. The van der Waals surface area contributed by atoms with Crippen LogP contribution in [-0.4, -0.2) is 45.9 Å². The van der Waals surface area contributed by atoms with E-state index >= 15 is 0 Å². The van der Waals surface area contributed by atoms with Crippen molar-refractivity contribution in [1.82, 2.24) is 5.32 Å². The minimum absolute atomic E-state index is 0.139. The lowest BCUT2D eigenvalue weighted by atomic mass is 9.99. The van der Waals surface area contributed by atoms with E-state index < -0.39 is 12.0 Å². The van der Waals surface area contributed by atoms with Gasteiger partial charge in [0.05, 0.1) is 10.5 Å². The zero-order chi connectivity index (χ0) is 17.2. The monoisotopic (exact) mass is 373 g/mol.